The number of aromatic nitrogens is 2. The van der Waals surface area contributed by atoms with Crippen LogP contribution < -0.4 is 4.90 Å². The Kier molecular flexibility index (Phi) is 4.18. The molecule has 0 saturated carbocycles. The zero-order valence-electron chi connectivity index (χ0n) is 10.3. The van der Waals surface area contributed by atoms with Gasteiger partial charge in [0.2, 0.25) is 5.95 Å². The van der Waals surface area contributed by atoms with Gasteiger partial charge in [0.1, 0.15) is 0 Å². The van der Waals surface area contributed by atoms with Gasteiger partial charge in [-0.15, -0.1) is 11.6 Å². The Morgan fingerprint density at radius 2 is 2.18 bits per heavy atom. The number of hydrogen-bond donors (Lipinski definition) is 0. The highest BCUT2D eigenvalue weighted by atomic mass is 35.5. The molecular formula is C12H18ClN3O. The third kappa shape index (κ3) is 2.87. The van der Waals surface area contributed by atoms with Crippen molar-refractivity contribution in [2.45, 2.75) is 38.3 Å². The molecule has 0 radical (unpaired) electrons. The molecule has 2 heterocycles. The zero-order valence-corrected chi connectivity index (χ0v) is 11.0. The van der Waals surface area contributed by atoms with E-state index in [9.17, 15) is 0 Å². The second kappa shape index (κ2) is 5.65. The van der Waals surface area contributed by atoms with Crippen LogP contribution in [0.25, 0.3) is 0 Å². The smallest absolute Gasteiger partial charge is 0.225 e. The predicted octanol–water partition coefficient (Wildman–Crippen LogP) is 2.22. The van der Waals surface area contributed by atoms with Crippen molar-refractivity contribution in [1.29, 1.82) is 0 Å². The van der Waals surface area contributed by atoms with E-state index in [1.54, 1.807) is 12.4 Å². The second-order valence-electron chi connectivity index (χ2n) is 4.38. The van der Waals surface area contributed by atoms with E-state index in [2.05, 4.69) is 28.7 Å². The number of hydrogen-bond acceptors (Lipinski definition) is 4. The Bertz CT molecular complexity index is 357. The van der Waals surface area contributed by atoms with Crippen LogP contribution in [-0.4, -0.2) is 35.3 Å². The average molecular weight is 256 g/mol. The number of halogens is 1. The molecule has 1 fully saturated rings. The van der Waals surface area contributed by atoms with Gasteiger partial charge >= 0.3 is 0 Å². The van der Waals surface area contributed by atoms with Crippen LogP contribution in [0, 0.1) is 0 Å². The van der Waals surface area contributed by atoms with Crippen LogP contribution in [0.3, 0.4) is 0 Å². The van der Waals surface area contributed by atoms with Crippen LogP contribution >= 0.6 is 11.6 Å². The quantitative estimate of drug-likeness (QED) is 0.777. The maximum atomic E-state index is 5.73. The van der Waals surface area contributed by atoms with Crippen LogP contribution in [0.5, 0.6) is 0 Å². The van der Waals surface area contributed by atoms with E-state index in [-0.39, 0.29) is 6.10 Å². The molecule has 5 heteroatoms. The summed E-state index contributed by atoms with van der Waals surface area (Å²) >= 11 is 5.73. The molecule has 1 aliphatic rings. The summed E-state index contributed by atoms with van der Waals surface area (Å²) in [6.45, 7) is 5.83. The fourth-order valence-electron chi connectivity index (χ4n) is 1.99. The molecule has 0 bridgehead atoms. The van der Waals surface area contributed by atoms with Crippen molar-refractivity contribution >= 4 is 17.5 Å². The van der Waals surface area contributed by atoms with Gasteiger partial charge in [-0.1, -0.05) is 6.92 Å². The molecule has 1 aromatic heterocycles. The van der Waals surface area contributed by atoms with Gasteiger partial charge in [-0.25, -0.2) is 9.97 Å². The summed E-state index contributed by atoms with van der Waals surface area (Å²) in [5.41, 5.74) is 0.949. The third-order valence-corrected chi connectivity index (χ3v) is 3.35. The monoisotopic (exact) mass is 255 g/mol. The van der Waals surface area contributed by atoms with Crippen LogP contribution in [0.4, 0.5) is 5.95 Å². The summed E-state index contributed by atoms with van der Waals surface area (Å²) in [7, 11) is 0. The van der Waals surface area contributed by atoms with E-state index < -0.39 is 0 Å². The molecule has 1 aromatic rings. The first-order chi connectivity index (χ1) is 8.24. The van der Waals surface area contributed by atoms with Gasteiger partial charge in [-0.05, 0) is 13.3 Å². The molecule has 2 unspecified atom stereocenters. The molecule has 1 aliphatic heterocycles. The molecule has 94 valence electrons. The normalized spacial score (nSPS) is 25.0. The number of alkyl halides is 1. The van der Waals surface area contributed by atoms with Crippen LogP contribution in [0.1, 0.15) is 25.8 Å². The molecule has 2 rings (SSSR count). The molecule has 4 nitrogen and oxygen atoms in total. The van der Waals surface area contributed by atoms with E-state index in [1.807, 2.05) is 0 Å². The van der Waals surface area contributed by atoms with Crippen LogP contribution in [0.2, 0.25) is 0 Å². The lowest BCUT2D eigenvalue weighted by molar-refractivity contribution is 0.0292. The highest BCUT2D eigenvalue weighted by molar-refractivity contribution is 6.17. The average Bonchev–Trinajstić information content (AvgIpc) is 2.39. The van der Waals surface area contributed by atoms with Gasteiger partial charge in [-0.3, -0.25) is 0 Å². The molecule has 17 heavy (non-hydrogen) atoms. The van der Waals surface area contributed by atoms with Gasteiger partial charge < -0.3 is 9.64 Å². The molecule has 0 spiro atoms. The first-order valence-electron chi connectivity index (χ1n) is 5.99. The summed E-state index contributed by atoms with van der Waals surface area (Å²) in [6, 6.07) is 0.369. The van der Waals surface area contributed by atoms with E-state index >= 15 is 0 Å². The largest absolute Gasteiger partial charge is 0.375 e. The molecule has 1 saturated heterocycles. The van der Waals surface area contributed by atoms with E-state index in [0.717, 1.165) is 31.1 Å². The van der Waals surface area contributed by atoms with E-state index in [1.165, 1.54) is 0 Å². The van der Waals surface area contributed by atoms with E-state index in [4.69, 9.17) is 16.3 Å². The summed E-state index contributed by atoms with van der Waals surface area (Å²) < 4.78 is 5.66. The highest BCUT2D eigenvalue weighted by Gasteiger charge is 2.27. The lowest BCUT2D eigenvalue weighted by atomic mass is 10.1. The first kappa shape index (κ1) is 12.6. The Hall–Kier alpha value is -0.870. The minimum absolute atomic E-state index is 0.231. The van der Waals surface area contributed by atoms with Gasteiger partial charge in [0.15, 0.2) is 0 Å². The Balaban J connectivity index is 2.16. The van der Waals surface area contributed by atoms with Gasteiger partial charge in [0.05, 0.1) is 24.6 Å². The van der Waals surface area contributed by atoms with Crippen LogP contribution in [0.15, 0.2) is 12.4 Å². The molecule has 2 atom stereocenters. The predicted molar refractivity (Wildman–Crippen MR) is 68.4 cm³/mol. The number of morpholine rings is 1. The molecule has 0 N–H and O–H groups in total. The van der Waals surface area contributed by atoms with Crippen molar-refractivity contribution in [1.82, 2.24) is 9.97 Å². The fraction of sp³-hybridized carbons (Fsp3) is 0.667. The van der Waals surface area contributed by atoms with Crippen molar-refractivity contribution in [3.05, 3.63) is 18.0 Å². The van der Waals surface area contributed by atoms with E-state index in [0.29, 0.717) is 11.9 Å². The Morgan fingerprint density at radius 1 is 1.47 bits per heavy atom. The minimum atomic E-state index is 0.231. The topological polar surface area (TPSA) is 38.2 Å². The number of rotatable bonds is 3. The maximum absolute atomic E-state index is 5.73. The third-order valence-electron chi connectivity index (χ3n) is 3.04. The molecular weight excluding hydrogens is 238 g/mol. The van der Waals surface area contributed by atoms with Crippen molar-refractivity contribution in [2.75, 3.05) is 18.1 Å². The summed E-state index contributed by atoms with van der Waals surface area (Å²) in [6.07, 6.45) is 4.85. The van der Waals surface area contributed by atoms with Crippen molar-refractivity contribution in [3.8, 4) is 0 Å². The fourth-order valence-corrected chi connectivity index (χ4v) is 2.13. The maximum Gasteiger partial charge on any atom is 0.225 e. The lowest BCUT2D eigenvalue weighted by Gasteiger charge is -2.38. The minimum Gasteiger partial charge on any atom is -0.375 e. The Labute approximate surface area is 107 Å². The summed E-state index contributed by atoms with van der Waals surface area (Å²) in [5, 5.41) is 0. The SMILES string of the molecule is CCC1COC(C)CN1c1ncc(CCl)cn1. The van der Waals surface area contributed by atoms with Gasteiger partial charge in [0.25, 0.3) is 0 Å². The molecule has 0 aromatic carbocycles. The number of anilines is 1. The summed E-state index contributed by atoms with van der Waals surface area (Å²) in [4.78, 5) is 11.0. The molecule has 0 amide bonds. The standard InChI is InChI=1S/C12H18ClN3O/c1-3-11-8-17-9(2)7-16(11)12-14-5-10(4-13)6-15-12/h5-6,9,11H,3-4,7-8H2,1-2H3. The highest BCUT2D eigenvalue weighted by Crippen LogP contribution is 2.19. The first-order valence-corrected chi connectivity index (χ1v) is 6.53. The second-order valence-corrected chi connectivity index (χ2v) is 4.65. The zero-order chi connectivity index (χ0) is 12.3. The van der Waals surface area contributed by atoms with Crippen molar-refractivity contribution in [2.24, 2.45) is 0 Å². The molecule has 0 aliphatic carbocycles. The number of ether oxygens (including phenoxy) is 1. The number of nitrogens with zero attached hydrogens (tertiary/aromatic N) is 3. The van der Waals surface area contributed by atoms with Gasteiger partial charge in [0, 0.05) is 24.5 Å². The van der Waals surface area contributed by atoms with Crippen LogP contribution in [-0.2, 0) is 10.6 Å². The van der Waals surface area contributed by atoms with Gasteiger partial charge in [-0.2, -0.15) is 0 Å². The summed E-state index contributed by atoms with van der Waals surface area (Å²) in [5.74, 6) is 1.23. The van der Waals surface area contributed by atoms with Crippen molar-refractivity contribution in [3.63, 3.8) is 0 Å². The lowest BCUT2D eigenvalue weighted by Crippen LogP contribution is -2.49. The Morgan fingerprint density at radius 3 is 2.76 bits per heavy atom. The van der Waals surface area contributed by atoms with Crippen molar-refractivity contribution < 1.29 is 4.74 Å².